The SMILES string of the molecule is Cc1ccc2nc(COc3ccccc3[N+](=O)[O-])cc(=O)n2c1. The van der Waals surface area contributed by atoms with Crippen molar-refractivity contribution in [3.05, 3.63) is 80.4 Å². The van der Waals surface area contributed by atoms with Crippen molar-refractivity contribution in [2.45, 2.75) is 13.5 Å². The van der Waals surface area contributed by atoms with Crippen LogP contribution in [-0.4, -0.2) is 14.3 Å². The summed E-state index contributed by atoms with van der Waals surface area (Å²) >= 11 is 0. The maximum atomic E-state index is 12.1. The van der Waals surface area contributed by atoms with Crippen LogP contribution in [0.3, 0.4) is 0 Å². The monoisotopic (exact) mass is 311 g/mol. The molecule has 23 heavy (non-hydrogen) atoms. The molecule has 0 fully saturated rings. The summed E-state index contributed by atoms with van der Waals surface area (Å²) in [6.45, 7) is 1.86. The fourth-order valence-corrected chi connectivity index (χ4v) is 2.21. The van der Waals surface area contributed by atoms with Gasteiger partial charge >= 0.3 is 5.69 Å². The lowest BCUT2D eigenvalue weighted by atomic mass is 10.3. The van der Waals surface area contributed by atoms with E-state index >= 15 is 0 Å². The third-order valence-electron chi connectivity index (χ3n) is 3.30. The molecule has 7 nitrogen and oxygen atoms in total. The van der Waals surface area contributed by atoms with Crippen LogP contribution < -0.4 is 10.3 Å². The Hall–Kier alpha value is -3.22. The van der Waals surface area contributed by atoms with E-state index in [1.165, 1.54) is 22.6 Å². The summed E-state index contributed by atoms with van der Waals surface area (Å²) in [7, 11) is 0. The van der Waals surface area contributed by atoms with Gasteiger partial charge in [0.15, 0.2) is 5.75 Å². The summed E-state index contributed by atoms with van der Waals surface area (Å²) in [6, 6.07) is 11.0. The fraction of sp³-hybridized carbons (Fsp3) is 0.125. The van der Waals surface area contributed by atoms with E-state index in [0.29, 0.717) is 11.3 Å². The Labute approximate surface area is 130 Å². The number of aromatic nitrogens is 2. The first-order valence-electron chi connectivity index (χ1n) is 6.90. The number of nitro groups is 1. The van der Waals surface area contributed by atoms with E-state index < -0.39 is 4.92 Å². The number of hydrogen-bond acceptors (Lipinski definition) is 5. The van der Waals surface area contributed by atoms with Gasteiger partial charge in [0.1, 0.15) is 12.3 Å². The van der Waals surface area contributed by atoms with Crippen molar-refractivity contribution >= 4 is 11.3 Å². The van der Waals surface area contributed by atoms with Gasteiger partial charge in [0.2, 0.25) is 0 Å². The molecule has 3 rings (SSSR count). The maximum absolute atomic E-state index is 12.1. The smallest absolute Gasteiger partial charge is 0.310 e. The van der Waals surface area contributed by atoms with Crippen molar-refractivity contribution in [2.24, 2.45) is 0 Å². The third kappa shape index (κ3) is 3.03. The molecule has 0 saturated heterocycles. The molecule has 0 amide bonds. The van der Waals surface area contributed by atoms with Gasteiger partial charge in [-0.3, -0.25) is 19.3 Å². The molecule has 1 aromatic carbocycles. The van der Waals surface area contributed by atoms with Crippen LogP contribution >= 0.6 is 0 Å². The van der Waals surface area contributed by atoms with Crippen LogP contribution in [0.4, 0.5) is 5.69 Å². The summed E-state index contributed by atoms with van der Waals surface area (Å²) in [5.74, 6) is 0.142. The van der Waals surface area contributed by atoms with Crippen LogP contribution in [0, 0.1) is 17.0 Å². The Kier molecular flexibility index (Phi) is 3.76. The predicted octanol–water partition coefficient (Wildman–Crippen LogP) is 2.49. The third-order valence-corrected chi connectivity index (χ3v) is 3.30. The standard InChI is InChI=1S/C16H13N3O4/c1-11-6-7-15-17-12(8-16(20)18(15)9-11)10-23-14-5-3-2-4-13(14)19(21)22/h2-9H,10H2,1H3. The van der Waals surface area contributed by atoms with Crippen molar-refractivity contribution in [1.82, 2.24) is 9.38 Å². The van der Waals surface area contributed by atoms with E-state index in [1.54, 1.807) is 24.4 Å². The molecule has 0 spiro atoms. The number of nitro benzene ring substituents is 1. The minimum atomic E-state index is -0.513. The molecule has 0 radical (unpaired) electrons. The summed E-state index contributed by atoms with van der Waals surface area (Å²) in [5, 5.41) is 11.0. The Morgan fingerprint density at radius 3 is 2.83 bits per heavy atom. The Morgan fingerprint density at radius 2 is 2.04 bits per heavy atom. The molecule has 0 aliphatic rings. The van der Waals surface area contributed by atoms with E-state index in [2.05, 4.69) is 4.98 Å². The molecular weight excluding hydrogens is 298 g/mol. The van der Waals surface area contributed by atoms with Gasteiger partial charge in [0.05, 0.1) is 10.6 Å². The fourth-order valence-electron chi connectivity index (χ4n) is 2.21. The van der Waals surface area contributed by atoms with Crippen molar-refractivity contribution in [2.75, 3.05) is 0 Å². The van der Waals surface area contributed by atoms with E-state index in [4.69, 9.17) is 4.74 Å². The molecule has 2 aromatic heterocycles. The zero-order chi connectivity index (χ0) is 16.4. The number of benzene rings is 1. The molecule has 0 N–H and O–H groups in total. The zero-order valence-corrected chi connectivity index (χ0v) is 12.3. The highest BCUT2D eigenvalue weighted by Crippen LogP contribution is 2.26. The number of nitrogens with zero attached hydrogens (tertiary/aromatic N) is 3. The number of rotatable bonds is 4. The van der Waals surface area contributed by atoms with Gasteiger partial charge in [-0.2, -0.15) is 0 Å². The van der Waals surface area contributed by atoms with E-state index in [0.717, 1.165) is 5.56 Å². The minimum Gasteiger partial charge on any atom is -0.480 e. The van der Waals surface area contributed by atoms with Gasteiger partial charge in [-0.15, -0.1) is 0 Å². The second-order valence-corrected chi connectivity index (χ2v) is 5.03. The largest absolute Gasteiger partial charge is 0.480 e. The first kappa shape index (κ1) is 14.7. The van der Waals surface area contributed by atoms with Gasteiger partial charge < -0.3 is 4.74 Å². The Balaban J connectivity index is 1.90. The first-order chi connectivity index (χ1) is 11.0. The highest BCUT2D eigenvalue weighted by Gasteiger charge is 2.14. The molecule has 2 heterocycles. The van der Waals surface area contributed by atoms with Crippen LogP contribution in [0.1, 0.15) is 11.3 Å². The molecule has 0 aliphatic carbocycles. The van der Waals surface area contributed by atoms with E-state index in [1.807, 2.05) is 13.0 Å². The van der Waals surface area contributed by atoms with Gasteiger partial charge in [0.25, 0.3) is 5.56 Å². The van der Waals surface area contributed by atoms with Crippen LogP contribution in [0.5, 0.6) is 5.75 Å². The highest BCUT2D eigenvalue weighted by atomic mass is 16.6. The quantitative estimate of drug-likeness (QED) is 0.545. The van der Waals surface area contributed by atoms with Gasteiger partial charge in [-0.25, -0.2) is 4.98 Å². The first-order valence-corrected chi connectivity index (χ1v) is 6.90. The predicted molar refractivity (Wildman–Crippen MR) is 83.6 cm³/mol. The van der Waals surface area contributed by atoms with E-state index in [9.17, 15) is 14.9 Å². The summed E-state index contributed by atoms with van der Waals surface area (Å²) in [6.07, 6.45) is 1.71. The number of fused-ring (bicyclic) bond motifs is 1. The van der Waals surface area contributed by atoms with Crippen molar-refractivity contribution in [1.29, 1.82) is 0 Å². The van der Waals surface area contributed by atoms with E-state index in [-0.39, 0.29) is 23.6 Å². The second-order valence-electron chi connectivity index (χ2n) is 5.03. The Bertz CT molecular complexity index is 949. The van der Waals surface area contributed by atoms with Crippen molar-refractivity contribution in [3.63, 3.8) is 0 Å². The molecule has 0 atom stereocenters. The van der Waals surface area contributed by atoms with Crippen LogP contribution in [0.15, 0.2) is 53.5 Å². The topological polar surface area (TPSA) is 86.7 Å². The summed E-state index contributed by atoms with van der Waals surface area (Å²) < 4.78 is 6.91. The van der Waals surface area contributed by atoms with Gasteiger partial charge in [-0.05, 0) is 24.6 Å². The molecule has 0 unspecified atom stereocenters. The zero-order valence-electron chi connectivity index (χ0n) is 12.3. The van der Waals surface area contributed by atoms with Crippen molar-refractivity contribution < 1.29 is 9.66 Å². The normalized spacial score (nSPS) is 10.7. The number of pyridine rings is 1. The van der Waals surface area contributed by atoms with Gasteiger partial charge in [0, 0.05) is 18.3 Å². The van der Waals surface area contributed by atoms with Gasteiger partial charge in [-0.1, -0.05) is 18.2 Å². The number of para-hydroxylation sites is 2. The number of ether oxygens (including phenoxy) is 1. The van der Waals surface area contributed by atoms with Crippen LogP contribution in [0.25, 0.3) is 5.65 Å². The lowest BCUT2D eigenvalue weighted by Gasteiger charge is -2.07. The number of aryl methyl sites for hydroxylation is 1. The summed E-state index contributed by atoms with van der Waals surface area (Å²) in [5.41, 5.74) is 1.52. The lowest BCUT2D eigenvalue weighted by Crippen LogP contribution is -2.16. The average molecular weight is 311 g/mol. The van der Waals surface area contributed by atoms with Crippen LogP contribution in [0.2, 0.25) is 0 Å². The molecule has 0 saturated carbocycles. The molecule has 3 aromatic rings. The molecule has 7 heteroatoms. The maximum Gasteiger partial charge on any atom is 0.310 e. The summed E-state index contributed by atoms with van der Waals surface area (Å²) in [4.78, 5) is 26.9. The highest BCUT2D eigenvalue weighted by molar-refractivity contribution is 5.46. The number of hydrogen-bond donors (Lipinski definition) is 0. The molecule has 116 valence electrons. The average Bonchev–Trinajstić information content (AvgIpc) is 2.54. The molecule has 0 bridgehead atoms. The second kappa shape index (κ2) is 5.88. The lowest BCUT2D eigenvalue weighted by molar-refractivity contribution is -0.385. The van der Waals surface area contributed by atoms with Crippen LogP contribution in [-0.2, 0) is 6.61 Å². The van der Waals surface area contributed by atoms with Crippen molar-refractivity contribution in [3.8, 4) is 5.75 Å². The minimum absolute atomic E-state index is 0.0233. The Morgan fingerprint density at radius 1 is 1.26 bits per heavy atom. The molecule has 0 aliphatic heterocycles. The molecular formula is C16H13N3O4.